The van der Waals surface area contributed by atoms with Crippen molar-refractivity contribution in [2.45, 2.75) is 25.4 Å². The smallest absolute Gasteiger partial charge is 0.225 e. The number of aromatic nitrogens is 1. The molecule has 32 heavy (non-hydrogen) atoms. The number of aryl methyl sites for hydroxylation is 1. The van der Waals surface area contributed by atoms with E-state index in [1.807, 2.05) is 58.1 Å². The van der Waals surface area contributed by atoms with Gasteiger partial charge in [-0.25, -0.2) is 0 Å². The van der Waals surface area contributed by atoms with Crippen LogP contribution >= 0.6 is 23.2 Å². The zero-order valence-electron chi connectivity index (χ0n) is 17.3. The first-order valence-electron chi connectivity index (χ1n) is 10.6. The molecular weight excluding hydrogens is 443 g/mol. The second-order valence-electron chi connectivity index (χ2n) is 8.08. The third-order valence-electron chi connectivity index (χ3n) is 6.19. The highest BCUT2D eigenvalue weighted by atomic mass is 35.5. The maximum absolute atomic E-state index is 13.5. The lowest BCUT2D eigenvalue weighted by atomic mass is 9.87. The third kappa shape index (κ3) is 3.74. The Bertz CT molecular complexity index is 1310. The van der Waals surface area contributed by atoms with Crippen LogP contribution in [0.4, 0.5) is 0 Å². The summed E-state index contributed by atoms with van der Waals surface area (Å²) in [5.74, 6) is 0.162. The highest BCUT2D eigenvalue weighted by Crippen LogP contribution is 2.40. The van der Waals surface area contributed by atoms with Crippen LogP contribution < -0.4 is 0 Å². The average molecular weight is 465 g/mol. The fraction of sp³-hybridized carbons (Fsp3) is 0.192. The van der Waals surface area contributed by atoms with E-state index in [4.69, 9.17) is 23.2 Å². The standard InChI is InChI=1S/C26H22Cl2N2O2/c27-19-8-9-23(31)21(16-19)26-20-6-2-1-4-17(20)11-15-30(26)24(32)12-14-29-13-10-18-5-3-7-22(28)25(18)29/h1-10,13,16,26,31H,11-12,14-15H2. The highest BCUT2D eigenvalue weighted by Gasteiger charge is 2.33. The summed E-state index contributed by atoms with van der Waals surface area (Å²) in [5, 5.41) is 12.9. The van der Waals surface area contributed by atoms with Gasteiger partial charge in [0.2, 0.25) is 5.91 Å². The Morgan fingerprint density at radius 1 is 1.00 bits per heavy atom. The van der Waals surface area contributed by atoms with Crippen LogP contribution in [0.25, 0.3) is 10.9 Å². The molecule has 5 rings (SSSR count). The Morgan fingerprint density at radius 3 is 2.72 bits per heavy atom. The van der Waals surface area contributed by atoms with E-state index in [2.05, 4.69) is 6.07 Å². The van der Waals surface area contributed by atoms with E-state index in [1.165, 1.54) is 5.56 Å². The number of rotatable bonds is 4. The van der Waals surface area contributed by atoms with E-state index in [0.29, 0.717) is 35.1 Å². The normalized spacial score (nSPS) is 15.7. The second kappa shape index (κ2) is 8.53. The summed E-state index contributed by atoms with van der Waals surface area (Å²) in [7, 11) is 0. The highest BCUT2D eigenvalue weighted by molar-refractivity contribution is 6.35. The molecular formula is C26H22Cl2N2O2. The van der Waals surface area contributed by atoms with Crippen LogP contribution in [0, 0.1) is 0 Å². The molecule has 0 radical (unpaired) electrons. The summed E-state index contributed by atoms with van der Waals surface area (Å²) in [4.78, 5) is 15.3. The number of nitrogens with zero attached hydrogens (tertiary/aromatic N) is 2. The molecule has 0 bridgehead atoms. The minimum absolute atomic E-state index is 0.0257. The Hall–Kier alpha value is -2.95. The molecule has 1 N–H and O–H groups in total. The van der Waals surface area contributed by atoms with E-state index >= 15 is 0 Å². The number of hydrogen-bond acceptors (Lipinski definition) is 2. The van der Waals surface area contributed by atoms with Gasteiger partial charge < -0.3 is 14.6 Å². The van der Waals surface area contributed by atoms with Gasteiger partial charge in [0.15, 0.2) is 0 Å². The first-order chi connectivity index (χ1) is 15.5. The van der Waals surface area contributed by atoms with Gasteiger partial charge in [0.25, 0.3) is 0 Å². The Kier molecular flexibility index (Phi) is 5.58. The Labute approximate surface area is 196 Å². The van der Waals surface area contributed by atoms with Crippen molar-refractivity contribution in [3.8, 4) is 5.75 Å². The maximum Gasteiger partial charge on any atom is 0.225 e. The number of aromatic hydroxyl groups is 1. The van der Waals surface area contributed by atoms with Crippen LogP contribution in [0.3, 0.4) is 0 Å². The maximum atomic E-state index is 13.5. The number of benzene rings is 3. The number of hydrogen-bond donors (Lipinski definition) is 1. The van der Waals surface area contributed by atoms with Crippen molar-refractivity contribution in [1.82, 2.24) is 9.47 Å². The van der Waals surface area contributed by atoms with Gasteiger partial charge in [-0.3, -0.25) is 4.79 Å². The fourth-order valence-electron chi connectivity index (χ4n) is 4.68. The second-order valence-corrected chi connectivity index (χ2v) is 8.92. The van der Waals surface area contributed by atoms with Gasteiger partial charge >= 0.3 is 0 Å². The third-order valence-corrected chi connectivity index (χ3v) is 6.73. The summed E-state index contributed by atoms with van der Waals surface area (Å²) in [6.07, 6.45) is 3.07. The first kappa shape index (κ1) is 20.9. The number of phenolic OH excluding ortho intramolecular Hbond substituents is 1. The molecule has 0 saturated carbocycles. The van der Waals surface area contributed by atoms with E-state index in [9.17, 15) is 9.90 Å². The van der Waals surface area contributed by atoms with Crippen LogP contribution in [0.5, 0.6) is 5.75 Å². The summed E-state index contributed by atoms with van der Waals surface area (Å²) in [5.41, 5.74) is 3.80. The lowest BCUT2D eigenvalue weighted by molar-refractivity contribution is -0.133. The lowest BCUT2D eigenvalue weighted by Crippen LogP contribution is -2.41. The monoisotopic (exact) mass is 464 g/mol. The molecule has 1 amide bonds. The molecule has 0 saturated heterocycles. The molecule has 1 atom stereocenters. The van der Waals surface area contributed by atoms with Crippen molar-refractivity contribution in [1.29, 1.82) is 0 Å². The number of carbonyl (C=O) groups is 1. The van der Waals surface area contributed by atoms with Gasteiger partial charge in [-0.1, -0.05) is 59.6 Å². The number of para-hydroxylation sites is 1. The number of amides is 1. The molecule has 6 heteroatoms. The molecule has 3 aromatic carbocycles. The van der Waals surface area contributed by atoms with Gasteiger partial charge in [-0.2, -0.15) is 0 Å². The molecule has 0 fully saturated rings. The molecule has 4 aromatic rings. The van der Waals surface area contributed by atoms with Gasteiger partial charge in [0, 0.05) is 41.7 Å². The zero-order chi connectivity index (χ0) is 22.2. The lowest BCUT2D eigenvalue weighted by Gasteiger charge is -2.38. The van der Waals surface area contributed by atoms with E-state index < -0.39 is 0 Å². The van der Waals surface area contributed by atoms with Crippen LogP contribution in [0.2, 0.25) is 10.0 Å². The van der Waals surface area contributed by atoms with Crippen molar-refractivity contribution in [2.75, 3.05) is 6.54 Å². The number of carbonyl (C=O) groups excluding carboxylic acids is 1. The number of phenols is 1. The van der Waals surface area contributed by atoms with Crippen molar-refractivity contribution in [2.24, 2.45) is 0 Å². The Balaban J connectivity index is 1.47. The first-order valence-corrected chi connectivity index (χ1v) is 11.4. The quantitative estimate of drug-likeness (QED) is 0.389. The number of halogens is 2. The molecule has 0 spiro atoms. The molecule has 4 nitrogen and oxygen atoms in total. The van der Waals surface area contributed by atoms with Crippen molar-refractivity contribution in [3.63, 3.8) is 0 Å². The van der Waals surface area contributed by atoms with Gasteiger partial charge in [0.05, 0.1) is 16.6 Å². The predicted molar refractivity (Wildman–Crippen MR) is 128 cm³/mol. The molecule has 2 heterocycles. The molecule has 1 unspecified atom stereocenters. The fourth-order valence-corrected chi connectivity index (χ4v) is 5.15. The molecule has 0 aliphatic carbocycles. The summed E-state index contributed by atoms with van der Waals surface area (Å²) in [6, 6.07) is 20.5. The van der Waals surface area contributed by atoms with Crippen molar-refractivity contribution in [3.05, 3.63) is 99.7 Å². The van der Waals surface area contributed by atoms with Gasteiger partial charge in [-0.15, -0.1) is 0 Å². The topological polar surface area (TPSA) is 45.5 Å². The molecule has 162 valence electrons. The minimum Gasteiger partial charge on any atom is -0.508 e. The summed E-state index contributed by atoms with van der Waals surface area (Å²) >= 11 is 12.7. The van der Waals surface area contributed by atoms with Crippen LogP contribution in [-0.2, 0) is 17.8 Å². The summed E-state index contributed by atoms with van der Waals surface area (Å²) < 4.78 is 2.03. The summed E-state index contributed by atoms with van der Waals surface area (Å²) in [6.45, 7) is 1.11. The van der Waals surface area contributed by atoms with Crippen molar-refractivity contribution >= 4 is 40.0 Å². The van der Waals surface area contributed by atoms with Crippen LogP contribution in [0.15, 0.2) is 72.9 Å². The predicted octanol–water partition coefficient (Wildman–Crippen LogP) is 6.22. The SMILES string of the molecule is O=C(CCn1ccc2cccc(Cl)c21)N1CCc2ccccc2C1c1cc(Cl)ccc1O. The van der Waals surface area contributed by atoms with Gasteiger partial charge in [-0.05, 0) is 47.9 Å². The van der Waals surface area contributed by atoms with Crippen molar-refractivity contribution < 1.29 is 9.90 Å². The molecule has 1 aromatic heterocycles. The minimum atomic E-state index is -0.379. The van der Waals surface area contributed by atoms with E-state index in [0.717, 1.165) is 22.9 Å². The van der Waals surface area contributed by atoms with E-state index in [-0.39, 0.29) is 17.7 Å². The van der Waals surface area contributed by atoms with Crippen LogP contribution in [-0.4, -0.2) is 27.0 Å². The average Bonchev–Trinajstić information content (AvgIpc) is 3.23. The zero-order valence-corrected chi connectivity index (χ0v) is 18.9. The van der Waals surface area contributed by atoms with Crippen LogP contribution in [0.1, 0.15) is 29.2 Å². The number of fused-ring (bicyclic) bond motifs is 2. The largest absolute Gasteiger partial charge is 0.508 e. The van der Waals surface area contributed by atoms with E-state index in [1.54, 1.807) is 18.2 Å². The molecule has 1 aliphatic rings. The Morgan fingerprint density at radius 2 is 1.84 bits per heavy atom. The van der Waals surface area contributed by atoms with Gasteiger partial charge in [0.1, 0.15) is 5.75 Å². The molecule has 1 aliphatic heterocycles.